The number of nitro groups is 1. The zero-order chi connectivity index (χ0) is 22.4. The highest BCUT2D eigenvalue weighted by atomic mass is 16.6. The van der Waals surface area contributed by atoms with E-state index in [0.29, 0.717) is 43.4 Å². The van der Waals surface area contributed by atoms with Crippen molar-refractivity contribution < 1.29 is 23.9 Å². The van der Waals surface area contributed by atoms with Crippen LogP contribution in [0.15, 0.2) is 27.8 Å². The lowest BCUT2D eigenvalue weighted by atomic mass is 10.1. The number of carbonyl (C=O) groups is 1. The largest absolute Gasteiger partial charge is 0.493 e. The number of hydrogen-bond acceptors (Lipinski definition) is 8. The number of nitrogens with one attached hydrogen (secondary N) is 2. The lowest BCUT2D eigenvalue weighted by Gasteiger charge is -2.26. The van der Waals surface area contributed by atoms with Gasteiger partial charge in [0.1, 0.15) is 5.69 Å². The molecule has 0 saturated carbocycles. The highest BCUT2D eigenvalue weighted by molar-refractivity contribution is 5.78. The molecule has 1 fully saturated rings. The summed E-state index contributed by atoms with van der Waals surface area (Å²) in [6.45, 7) is 1.85. The molecule has 1 amide bonds. The van der Waals surface area contributed by atoms with Crippen LogP contribution in [0.1, 0.15) is 11.3 Å². The summed E-state index contributed by atoms with van der Waals surface area (Å²) in [6.07, 6.45) is 2.70. The van der Waals surface area contributed by atoms with Gasteiger partial charge >= 0.3 is 16.9 Å². The Bertz CT molecular complexity index is 1110. The number of hydrogen-bond donors (Lipinski definition) is 2. The van der Waals surface area contributed by atoms with Crippen LogP contribution in [0.2, 0.25) is 0 Å². The van der Waals surface area contributed by atoms with Gasteiger partial charge < -0.3 is 24.1 Å². The molecule has 12 heteroatoms. The van der Waals surface area contributed by atoms with E-state index in [0.717, 1.165) is 0 Å². The molecule has 2 aromatic rings. The minimum Gasteiger partial charge on any atom is -0.493 e. The fourth-order valence-corrected chi connectivity index (χ4v) is 2.93. The number of aromatic nitrogens is 2. The van der Waals surface area contributed by atoms with Crippen LogP contribution in [0.4, 0.5) is 5.69 Å². The summed E-state index contributed by atoms with van der Waals surface area (Å²) in [7, 11) is 1.43. The number of carbonyl (C=O) groups excluding carboxylic acids is 1. The monoisotopic (exact) mass is 432 g/mol. The second-order valence-corrected chi connectivity index (χ2v) is 6.45. The third kappa shape index (κ3) is 5.36. The molecular formula is C19H20N4O8. The van der Waals surface area contributed by atoms with Crippen molar-refractivity contribution in [1.29, 1.82) is 0 Å². The molecule has 2 heterocycles. The summed E-state index contributed by atoms with van der Waals surface area (Å²) in [6, 6.07) is 4.80. The number of H-pyrrole nitrogens is 2. The maximum atomic E-state index is 12.2. The summed E-state index contributed by atoms with van der Waals surface area (Å²) >= 11 is 0. The summed E-state index contributed by atoms with van der Waals surface area (Å²) < 4.78 is 16.1. The number of rotatable bonds is 7. The van der Waals surface area contributed by atoms with Crippen molar-refractivity contribution in [1.82, 2.24) is 14.9 Å². The zero-order valence-electron chi connectivity index (χ0n) is 16.6. The van der Waals surface area contributed by atoms with Crippen molar-refractivity contribution in [3.63, 3.8) is 0 Å². The molecule has 3 rings (SSSR count). The van der Waals surface area contributed by atoms with Crippen molar-refractivity contribution in [2.24, 2.45) is 0 Å². The Morgan fingerprint density at radius 3 is 2.65 bits per heavy atom. The van der Waals surface area contributed by atoms with Crippen molar-refractivity contribution in [2.75, 3.05) is 40.0 Å². The molecule has 164 valence electrons. The van der Waals surface area contributed by atoms with Gasteiger partial charge in [-0.25, -0.2) is 4.79 Å². The Balaban J connectivity index is 1.76. The third-order valence-electron chi connectivity index (χ3n) is 4.47. The predicted molar refractivity (Wildman–Crippen MR) is 109 cm³/mol. The van der Waals surface area contributed by atoms with Crippen LogP contribution in [0.25, 0.3) is 12.2 Å². The van der Waals surface area contributed by atoms with Gasteiger partial charge in [0.25, 0.3) is 5.91 Å². The smallest absolute Gasteiger partial charge is 0.357 e. The SMILES string of the molecule is COc1cc(C=Cc2[nH]c(=O)[nH]c(=O)c2[N+](=O)[O-])ccc1OCC(=O)N1CCOCC1. The molecule has 1 aliphatic rings. The van der Waals surface area contributed by atoms with Crippen LogP contribution in [0, 0.1) is 10.1 Å². The number of aromatic amines is 2. The van der Waals surface area contributed by atoms with Gasteiger partial charge in [-0.1, -0.05) is 12.1 Å². The first-order valence-electron chi connectivity index (χ1n) is 9.24. The van der Waals surface area contributed by atoms with Crippen molar-refractivity contribution in [3.05, 3.63) is 60.4 Å². The molecule has 0 unspecified atom stereocenters. The number of ether oxygens (including phenoxy) is 3. The normalized spacial score (nSPS) is 13.9. The standard InChI is InChI=1S/C19H20N4O8/c1-29-15-10-12(2-4-13-17(23(27)28)18(25)21-19(26)20-13)3-5-14(15)31-11-16(24)22-6-8-30-9-7-22/h2-5,10H,6-9,11H2,1H3,(H2,20,21,25,26). The minimum absolute atomic E-state index is 0.161. The first kappa shape index (κ1) is 21.8. The van der Waals surface area contributed by atoms with Gasteiger partial charge in [0.05, 0.1) is 25.2 Å². The summed E-state index contributed by atoms with van der Waals surface area (Å²) in [4.78, 5) is 51.3. The molecule has 0 atom stereocenters. The van der Waals surface area contributed by atoms with Gasteiger partial charge in [0.2, 0.25) is 0 Å². The molecule has 0 aliphatic carbocycles. The Labute approximate surface area is 175 Å². The van der Waals surface area contributed by atoms with Gasteiger partial charge in [-0.2, -0.15) is 0 Å². The van der Waals surface area contributed by atoms with E-state index < -0.39 is 21.9 Å². The average molecular weight is 432 g/mol. The molecule has 1 aliphatic heterocycles. The number of nitrogens with zero attached hydrogens (tertiary/aromatic N) is 2. The van der Waals surface area contributed by atoms with E-state index >= 15 is 0 Å². The maximum absolute atomic E-state index is 12.2. The first-order valence-corrected chi connectivity index (χ1v) is 9.24. The lowest BCUT2D eigenvalue weighted by molar-refractivity contribution is -0.386. The van der Waals surface area contributed by atoms with Crippen LogP contribution in [0.5, 0.6) is 11.5 Å². The van der Waals surface area contributed by atoms with E-state index in [9.17, 15) is 24.5 Å². The Morgan fingerprint density at radius 2 is 1.97 bits per heavy atom. The molecule has 0 radical (unpaired) electrons. The van der Waals surface area contributed by atoms with Crippen LogP contribution < -0.4 is 20.7 Å². The molecule has 0 spiro atoms. The third-order valence-corrected chi connectivity index (χ3v) is 4.47. The molecule has 12 nitrogen and oxygen atoms in total. The fraction of sp³-hybridized carbons (Fsp3) is 0.316. The van der Waals surface area contributed by atoms with Crippen LogP contribution >= 0.6 is 0 Å². The van der Waals surface area contributed by atoms with E-state index in [1.165, 1.54) is 19.3 Å². The highest BCUT2D eigenvalue weighted by Crippen LogP contribution is 2.29. The first-order chi connectivity index (χ1) is 14.9. The molecule has 1 aromatic heterocycles. The predicted octanol–water partition coefficient (Wildman–Crippen LogP) is 0.388. The van der Waals surface area contributed by atoms with E-state index in [1.54, 1.807) is 23.1 Å². The van der Waals surface area contributed by atoms with Crippen molar-refractivity contribution in [3.8, 4) is 11.5 Å². The minimum atomic E-state index is -1.10. The Morgan fingerprint density at radius 1 is 1.23 bits per heavy atom. The molecule has 0 bridgehead atoms. The summed E-state index contributed by atoms with van der Waals surface area (Å²) in [5.74, 6) is 0.516. The molecule has 31 heavy (non-hydrogen) atoms. The van der Waals surface area contributed by atoms with Crippen molar-refractivity contribution >= 4 is 23.7 Å². The highest BCUT2D eigenvalue weighted by Gasteiger charge is 2.19. The topological polar surface area (TPSA) is 157 Å². The van der Waals surface area contributed by atoms with Gasteiger partial charge in [0.15, 0.2) is 18.1 Å². The van der Waals surface area contributed by atoms with E-state index in [2.05, 4.69) is 4.98 Å². The number of amides is 1. The van der Waals surface area contributed by atoms with Crippen LogP contribution in [-0.4, -0.2) is 65.7 Å². The lowest BCUT2D eigenvalue weighted by Crippen LogP contribution is -2.43. The molecule has 1 saturated heterocycles. The van der Waals surface area contributed by atoms with Gasteiger partial charge in [-0.3, -0.25) is 24.7 Å². The average Bonchev–Trinajstić information content (AvgIpc) is 2.76. The summed E-state index contributed by atoms with van der Waals surface area (Å²) in [5.41, 5.74) is -2.42. The van der Waals surface area contributed by atoms with E-state index in [4.69, 9.17) is 14.2 Å². The zero-order valence-corrected chi connectivity index (χ0v) is 16.6. The second kappa shape index (κ2) is 9.71. The van der Waals surface area contributed by atoms with Crippen LogP contribution in [0.3, 0.4) is 0 Å². The fourth-order valence-electron chi connectivity index (χ4n) is 2.93. The summed E-state index contributed by atoms with van der Waals surface area (Å²) in [5, 5.41) is 11.1. The van der Waals surface area contributed by atoms with Gasteiger partial charge in [-0.15, -0.1) is 0 Å². The number of methoxy groups -OCH3 is 1. The number of morpholine rings is 1. The van der Waals surface area contributed by atoms with E-state index in [-0.39, 0.29) is 18.2 Å². The second-order valence-electron chi connectivity index (χ2n) is 6.45. The molecular weight excluding hydrogens is 412 g/mol. The van der Waals surface area contributed by atoms with Gasteiger partial charge in [-0.05, 0) is 23.8 Å². The quantitative estimate of drug-likeness (QED) is 0.470. The number of benzene rings is 1. The van der Waals surface area contributed by atoms with E-state index in [1.807, 2.05) is 4.98 Å². The molecule has 2 N–H and O–H groups in total. The Kier molecular flexibility index (Phi) is 6.82. The molecule has 1 aromatic carbocycles. The van der Waals surface area contributed by atoms with Gasteiger partial charge in [0, 0.05) is 13.1 Å². The van der Waals surface area contributed by atoms with Crippen molar-refractivity contribution in [2.45, 2.75) is 0 Å². The maximum Gasteiger partial charge on any atom is 0.357 e. The van der Waals surface area contributed by atoms with Crippen LogP contribution in [-0.2, 0) is 9.53 Å². The Hall–Kier alpha value is -3.93.